The van der Waals surface area contributed by atoms with Crippen LogP contribution in [0.25, 0.3) is 0 Å². The number of benzene rings is 1. The average molecular weight is 327 g/mol. The van der Waals surface area contributed by atoms with E-state index >= 15 is 0 Å². The number of rotatable bonds is 3. The van der Waals surface area contributed by atoms with Crippen molar-refractivity contribution in [2.75, 3.05) is 19.0 Å². The van der Waals surface area contributed by atoms with Gasteiger partial charge in [-0.2, -0.15) is 5.10 Å². The van der Waals surface area contributed by atoms with E-state index in [-0.39, 0.29) is 11.7 Å². The highest BCUT2D eigenvalue weighted by molar-refractivity contribution is 5.82. The van der Waals surface area contributed by atoms with Crippen LogP contribution in [0.5, 0.6) is 0 Å². The van der Waals surface area contributed by atoms with Gasteiger partial charge in [0.05, 0.1) is 17.2 Å². The molecule has 3 unspecified atom stereocenters. The molecule has 1 heterocycles. The SMILES string of the molecule is CC(=O)C1C(c2ccc(N(C)C)cc2)c2c(n[nH]c2C)CC1(C)O. The van der Waals surface area contributed by atoms with Crippen LogP contribution in [0.15, 0.2) is 24.3 Å². The number of carbonyl (C=O) groups is 1. The first-order chi connectivity index (χ1) is 11.2. The second-order valence-electron chi connectivity index (χ2n) is 7.29. The van der Waals surface area contributed by atoms with E-state index in [1.165, 1.54) is 0 Å². The number of aryl methyl sites for hydroxylation is 1. The lowest BCUT2D eigenvalue weighted by molar-refractivity contribution is -0.130. The highest BCUT2D eigenvalue weighted by Crippen LogP contribution is 2.46. The fourth-order valence-electron chi connectivity index (χ4n) is 4.02. The molecular weight excluding hydrogens is 302 g/mol. The van der Waals surface area contributed by atoms with E-state index in [1.54, 1.807) is 13.8 Å². The van der Waals surface area contributed by atoms with Gasteiger partial charge in [0, 0.05) is 43.4 Å². The smallest absolute Gasteiger partial charge is 0.136 e. The quantitative estimate of drug-likeness (QED) is 0.908. The molecule has 24 heavy (non-hydrogen) atoms. The predicted octanol–water partition coefficient (Wildman–Crippen LogP) is 2.43. The van der Waals surface area contributed by atoms with Gasteiger partial charge in [0.25, 0.3) is 0 Å². The fraction of sp³-hybridized carbons (Fsp3) is 0.474. The number of anilines is 1. The lowest BCUT2D eigenvalue weighted by Crippen LogP contribution is -2.48. The zero-order chi connectivity index (χ0) is 17.6. The molecule has 0 saturated carbocycles. The molecule has 5 heteroatoms. The van der Waals surface area contributed by atoms with Crippen molar-refractivity contribution in [1.29, 1.82) is 0 Å². The number of aliphatic hydroxyl groups is 1. The highest BCUT2D eigenvalue weighted by Gasteiger charge is 2.48. The Morgan fingerprint density at radius 1 is 1.33 bits per heavy atom. The number of hydrogen-bond donors (Lipinski definition) is 2. The second-order valence-corrected chi connectivity index (χ2v) is 7.29. The van der Waals surface area contributed by atoms with Crippen LogP contribution in [0.4, 0.5) is 5.69 Å². The molecule has 2 N–H and O–H groups in total. The summed E-state index contributed by atoms with van der Waals surface area (Å²) in [5, 5.41) is 18.3. The van der Waals surface area contributed by atoms with E-state index < -0.39 is 11.5 Å². The average Bonchev–Trinajstić information content (AvgIpc) is 2.85. The largest absolute Gasteiger partial charge is 0.389 e. The minimum Gasteiger partial charge on any atom is -0.389 e. The summed E-state index contributed by atoms with van der Waals surface area (Å²) in [7, 11) is 3.99. The molecule has 1 aliphatic rings. The van der Waals surface area contributed by atoms with Crippen molar-refractivity contribution in [3.8, 4) is 0 Å². The molecule has 2 aromatic rings. The van der Waals surface area contributed by atoms with Crippen molar-refractivity contribution < 1.29 is 9.90 Å². The normalized spacial score (nSPS) is 26.1. The van der Waals surface area contributed by atoms with Gasteiger partial charge < -0.3 is 10.0 Å². The van der Waals surface area contributed by atoms with Crippen molar-refractivity contribution in [3.63, 3.8) is 0 Å². The first kappa shape index (κ1) is 16.7. The summed E-state index contributed by atoms with van der Waals surface area (Å²) in [4.78, 5) is 14.5. The van der Waals surface area contributed by atoms with Crippen molar-refractivity contribution in [1.82, 2.24) is 10.2 Å². The predicted molar refractivity (Wildman–Crippen MR) is 94.4 cm³/mol. The molecule has 0 fully saturated rings. The summed E-state index contributed by atoms with van der Waals surface area (Å²) in [6.45, 7) is 5.29. The molecule has 0 aliphatic heterocycles. The van der Waals surface area contributed by atoms with Gasteiger partial charge in [-0.25, -0.2) is 0 Å². The Bertz CT molecular complexity index is 759. The van der Waals surface area contributed by atoms with Gasteiger partial charge >= 0.3 is 0 Å². The molecule has 3 rings (SSSR count). The summed E-state index contributed by atoms with van der Waals surface area (Å²) < 4.78 is 0. The van der Waals surface area contributed by atoms with E-state index in [9.17, 15) is 9.90 Å². The molecule has 1 aromatic heterocycles. The minimum atomic E-state index is -1.11. The number of ketones is 1. The monoisotopic (exact) mass is 327 g/mol. The zero-order valence-electron chi connectivity index (χ0n) is 14.9. The second kappa shape index (κ2) is 5.74. The van der Waals surface area contributed by atoms with Crippen LogP contribution >= 0.6 is 0 Å². The molecule has 0 saturated heterocycles. The molecule has 5 nitrogen and oxygen atoms in total. The lowest BCUT2D eigenvalue weighted by atomic mass is 9.64. The van der Waals surface area contributed by atoms with Gasteiger partial charge in [-0.15, -0.1) is 0 Å². The molecular formula is C19H25N3O2. The lowest BCUT2D eigenvalue weighted by Gasteiger charge is -2.41. The van der Waals surface area contributed by atoms with Crippen LogP contribution in [-0.4, -0.2) is 40.8 Å². The van der Waals surface area contributed by atoms with Crippen molar-refractivity contribution in [2.24, 2.45) is 5.92 Å². The van der Waals surface area contributed by atoms with Gasteiger partial charge in [-0.05, 0) is 38.5 Å². The third-order valence-corrected chi connectivity index (χ3v) is 5.12. The molecule has 128 valence electrons. The summed E-state index contributed by atoms with van der Waals surface area (Å²) in [6.07, 6.45) is 0.392. The van der Waals surface area contributed by atoms with E-state index in [4.69, 9.17) is 0 Å². The Hall–Kier alpha value is -2.14. The van der Waals surface area contributed by atoms with Gasteiger partial charge in [0.1, 0.15) is 5.78 Å². The van der Waals surface area contributed by atoms with Gasteiger partial charge in [0.2, 0.25) is 0 Å². The fourth-order valence-corrected chi connectivity index (χ4v) is 4.02. The Kier molecular flexibility index (Phi) is 4.00. The van der Waals surface area contributed by atoms with Crippen LogP contribution in [0.1, 0.15) is 42.3 Å². The summed E-state index contributed by atoms with van der Waals surface area (Å²) >= 11 is 0. The molecule has 0 amide bonds. The summed E-state index contributed by atoms with van der Waals surface area (Å²) in [5.74, 6) is -0.657. The third kappa shape index (κ3) is 2.63. The van der Waals surface area contributed by atoms with E-state index in [0.717, 1.165) is 28.2 Å². The standard InChI is InChI=1S/C19H25N3O2/c1-11-16-15(21-20-11)10-19(3,24)18(12(2)23)17(16)13-6-8-14(9-7-13)22(4)5/h6-9,17-18,24H,10H2,1-5H3,(H,20,21). The zero-order valence-corrected chi connectivity index (χ0v) is 14.9. The van der Waals surface area contributed by atoms with Crippen LogP contribution < -0.4 is 4.90 Å². The van der Waals surface area contributed by atoms with Gasteiger partial charge in [-0.3, -0.25) is 9.89 Å². The number of nitrogens with zero attached hydrogens (tertiary/aromatic N) is 2. The van der Waals surface area contributed by atoms with Gasteiger partial charge in [-0.1, -0.05) is 12.1 Å². The third-order valence-electron chi connectivity index (χ3n) is 5.12. The highest BCUT2D eigenvalue weighted by atomic mass is 16.3. The van der Waals surface area contributed by atoms with Crippen molar-refractivity contribution >= 4 is 11.5 Å². The van der Waals surface area contributed by atoms with Crippen LogP contribution in [0.3, 0.4) is 0 Å². The van der Waals surface area contributed by atoms with E-state index in [1.807, 2.05) is 50.2 Å². The molecule has 1 aromatic carbocycles. The molecule has 1 aliphatic carbocycles. The molecule has 3 atom stereocenters. The number of Topliss-reactive ketones (excluding diaryl/α,β-unsaturated/α-hetero) is 1. The van der Waals surface area contributed by atoms with E-state index in [2.05, 4.69) is 10.2 Å². The van der Waals surface area contributed by atoms with Crippen molar-refractivity contribution in [3.05, 3.63) is 46.8 Å². The number of aromatic amines is 1. The summed E-state index contributed by atoms with van der Waals surface area (Å²) in [6, 6.07) is 8.19. The number of H-pyrrole nitrogens is 1. The maximum atomic E-state index is 12.4. The number of carbonyl (C=O) groups excluding carboxylic acids is 1. The number of hydrogen-bond acceptors (Lipinski definition) is 4. The maximum Gasteiger partial charge on any atom is 0.136 e. The van der Waals surface area contributed by atoms with Crippen LogP contribution in [0, 0.1) is 12.8 Å². The Balaban J connectivity index is 2.17. The minimum absolute atomic E-state index is 0.00735. The van der Waals surface area contributed by atoms with Crippen LogP contribution in [-0.2, 0) is 11.2 Å². The van der Waals surface area contributed by atoms with Crippen LogP contribution in [0.2, 0.25) is 0 Å². The Morgan fingerprint density at radius 3 is 2.50 bits per heavy atom. The Labute approximate surface area is 142 Å². The first-order valence-electron chi connectivity index (χ1n) is 8.26. The van der Waals surface area contributed by atoms with Crippen molar-refractivity contribution in [2.45, 2.75) is 38.7 Å². The number of fused-ring (bicyclic) bond motifs is 1. The first-order valence-corrected chi connectivity index (χ1v) is 8.26. The summed E-state index contributed by atoms with van der Waals surface area (Å²) in [5.41, 5.74) is 3.91. The Morgan fingerprint density at radius 2 is 1.96 bits per heavy atom. The molecule has 0 radical (unpaired) electrons. The number of nitrogens with one attached hydrogen (secondary N) is 1. The molecule has 0 spiro atoms. The maximum absolute atomic E-state index is 12.4. The number of aromatic nitrogens is 2. The topological polar surface area (TPSA) is 69.2 Å². The van der Waals surface area contributed by atoms with Gasteiger partial charge in [0.15, 0.2) is 0 Å². The van der Waals surface area contributed by atoms with E-state index in [0.29, 0.717) is 6.42 Å². The molecule has 0 bridgehead atoms.